The van der Waals surface area contributed by atoms with Gasteiger partial charge in [-0.05, 0) is 5.56 Å². The zero-order chi connectivity index (χ0) is 14.4. The van der Waals surface area contributed by atoms with Crippen LogP contribution in [0.1, 0.15) is 5.56 Å². The third-order valence-electron chi connectivity index (χ3n) is 3.38. The molecule has 21 heavy (non-hydrogen) atoms. The van der Waals surface area contributed by atoms with Crippen molar-refractivity contribution >= 4 is 16.4 Å². The Kier molecular flexibility index (Phi) is 2.57. The number of halogens is 2. The van der Waals surface area contributed by atoms with Gasteiger partial charge in [0, 0.05) is 12.1 Å². The van der Waals surface area contributed by atoms with E-state index in [1.807, 2.05) is 30.3 Å². The molecule has 4 bridgehead atoms. The molecule has 4 aromatic heterocycles. The lowest BCUT2D eigenvalue weighted by Crippen LogP contribution is -2.01. The van der Waals surface area contributed by atoms with E-state index in [0.717, 1.165) is 16.6 Å². The summed E-state index contributed by atoms with van der Waals surface area (Å²) in [6.45, 7) is -2.41. The molecule has 4 nitrogen and oxygen atoms in total. The molecule has 0 radical (unpaired) electrons. The number of aromatic nitrogens is 2. The zero-order valence-electron chi connectivity index (χ0n) is 10.8. The predicted octanol–water partition coefficient (Wildman–Crippen LogP) is 3.54. The number of fused-ring (bicyclic) bond motifs is 3. The van der Waals surface area contributed by atoms with Gasteiger partial charge in [0.1, 0.15) is 12.4 Å². The maximum Gasteiger partial charge on any atom is 0.388 e. The van der Waals surface area contributed by atoms with E-state index < -0.39 is 6.61 Å². The van der Waals surface area contributed by atoms with Crippen LogP contribution in [0.25, 0.3) is 16.4 Å². The molecular weight excluding hydrogens is 278 g/mol. The summed E-state index contributed by atoms with van der Waals surface area (Å²) >= 11 is 0. The molecule has 0 saturated heterocycles. The molecule has 0 amide bonds. The van der Waals surface area contributed by atoms with Gasteiger partial charge in [0.25, 0.3) is 0 Å². The number of ether oxygens (including phenoxy) is 2. The fraction of sp³-hybridized carbons (Fsp3) is 0.133. The topological polar surface area (TPSA) is 35.8 Å². The van der Waals surface area contributed by atoms with Gasteiger partial charge in [-0.2, -0.15) is 8.78 Å². The highest BCUT2D eigenvalue weighted by atomic mass is 19.3. The maximum absolute atomic E-state index is 12.2. The van der Waals surface area contributed by atoms with Gasteiger partial charge in [-0.1, -0.05) is 30.3 Å². The van der Waals surface area contributed by atoms with E-state index in [9.17, 15) is 8.78 Å². The summed E-state index contributed by atoms with van der Waals surface area (Å²) in [5.41, 5.74) is 2.55. The molecule has 106 valence electrons. The summed E-state index contributed by atoms with van der Waals surface area (Å²) in [6, 6.07) is 13.3. The largest absolute Gasteiger partial charge is 0.489 e. The number of hydrogen-bond acceptors (Lipinski definition) is 3. The fourth-order valence-corrected chi connectivity index (χ4v) is 2.46. The van der Waals surface area contributed by atoms with Crippen LogP contribution in [-0.4, -0.2) is 16.2 Å². The van der Waals surface area contributed by atoms with Crippen molar-refractivity contribution in [2.45, 2.75) is 13.2 Å². The summed E-state index contributed by atoms with van der Waals surface area (Å²) in [4.78, 5) is 0. The van der Waals surface area contributed by atoms with Crippen molar-refractivity contribution in [1.82, 2.24) is 9.61 Å². The lowest BCUT2D eigenvalue weighted by Gasteiger charge is -2.11. The molecule has 0 aliphatic rings. The Hall–Kier alpha value is -2.63. The van der Waals surface area contributed by atoms with Crippen LogP contribution in [0.3, 0.4) is 0 Å². The Bertz CT molecular complexity index is 827. The van der Waals surface area contributed by atoms with Gasteiger partial charge >= 0.3 is 6.61 Å². The Morgan fingerprint density at radius 2 is 1.81 bits per heavy atom. The summed E-state index contributed by atoms with van der Waals surface area (Å²) in [5, 5.41) is 4.57. The quantitative estimate of drug-likeness (QED) is 0.563. The third-order valence-corrected chi connectivity index (χ3v) is 3.38. The molecule has 0 aliphatic carbocycles. The van der Waals surface area contributed by atoms with E-state index in [4.69, 9.17) is 4.74 Å². The van der Waals surface area contributed by atoms with Gasteiger partial charge in [0.2, 0.25) is 5.88 Å². The average molecular weight is 288 g/mol. The van der Waals surface area contributed by atoms with Crippen molar-refractivity contribution in [3.63, 3.8) is 0 Å². The number of hydrogen-bond donors (Lipinski definition) is 0. The van der Waals surface area contributed by atoms with Crippen LogP contribution in [0.2, 0.25) is 0 Å². The van der Waals surface area contributed by atoms with Crippen molar-refractivity contribution in [3.05, 3.63) is 48.0 Å². The average Bonchev–Trinajstić information content (AvgIpc) is 3.03. The highest BCUT2D eigenvalue weighted by Gasteiger charge is 2.25. The van der Waals surface area contributed by atoms with Crippen molar-refractivity contribution in [2.24, 2.45) is 0 Å². The molecule has 2 aromatic carbocycles. The van der Waals surface area contributed by atoms with E-state index in [1.54, 1.807) is 16.6 Å². The third kappa shape index (κ3) is 1.91. The van der Waals surface area contributed by atoms with Crippen LogP contribution in [0.15, 0.2) is 42.5 Å². The van der Waals surface area contributed by atoms with Gasteiger partial charge in [-0.3, -0.25) is 0 Å². The number of nitrogens with zero attached hydrogens (tertiary/aromatic N) is 2. The number of pyridine rings is 1. The minimum absolute atomic E-state index is 0.0235. The first-order valence-corrected chi connectivity index (χ1v) is 6.41. The number of benzene rings is 2. The fourth-order valence-electron chi connectivity index (χ4n) is 2.46. The SMILES string of the molecule is FC(F)Oc1nn2c3cc(OCc4ccccc4)cc2c13. The first kappa shape index (κ1) is 12.1. The number of alkyl halides is 2. The van der Waals surface area contributed by atoms with Crippen LogP contribution in [0.5, 0.6) is 11.6 Å². The Morgan fingerprint density at radius 3 is 2.48 bits per heavy atom. The van der Waals surface area contributed by atoms with Gasteiger partial charge < -0.3 is 9.47 Å². The van der Waals surface area contributed by atoms with Crippen molar-refractivity contribution in [3.8, 4) is 11.6 Å². The second kappa shape index (κ2) is 4.44. The molecular formula is C15H10F2N2O2. The van der Waals surface area contributed by atoms with Crippen LogP contribution < -0.4 is 9.47 Å². The summed E-state index contributed by atoms with van der Waals surface area (Å²) in [7, 11) is 0. The summed E-state index contributed by atoms with van der Waals surface area (Å²) in [5.74, 6) is 0.668. The summed E-state index contributed by atoms with van der Waals surface area (Å²) < 4.78 is 36.1. The van der Waals surface area contributed by atoms with E-state index in [2.05, 4.69) is 9.84 Å². The molecule has 0 unspecified atom stereocenters. The minimum Gasteiger partial charge on any atom is -0.489 e. The Balaban J connectivity index is 1.55. The van der Waals surface area contributed by atoms with Crippen LogP contribution in [0, 0.1) is 0 Å². The van der Waals surface area contributed by atoms with Crippen LogP contribution in [0.4, 0.5) is 8.78 Å². The monoisotopic (exact) mass is 288 g/mol. The van der Waals surface area contributed by atoms with Crippen LogP contribution >= 0.6 is 0 Å². The highest BCUT2D eigenvalue weighted by Crippen LogP contribution is 2.40. The normalized spacial score (nSPS) is 12.0. The van der Waals surface area contributed by atoms with Crippen molar-refractivity contribution in [1.29, 1.82) is 0 Å². The summed E-state index contributed by atoms with van der Waals surface area (Å²) in [6.07, 6.45) is 0. The molecule has 6 aromatic rings. The molecule has 6 rings (SSSR count). The Labute approximate surface area is 118 Å². The van der Waals surface area contributed by atoms with Crippen LogP contribution in [-0.2, 0) is 6.61 Å². The Morgan fingerprint density at radius 1 is 1.10 bits per heavy atom. The standard InChI is InChI=1S/C15H10F2N2O2/c16-15(17)21-14-13-11-6-10(7-12(13)19(11)18-14)20-8-9-4-2-1-3-5-9/h1-7,15H,8H2. The molecule has 0 atom stereocenters. The zero-order valence-corrected chi connectivity index (χ0v) is 10.8. The predicted molar refractivity (Wildman–Crippen MR) is 72.5 cm³/mol. The smallest absolute Gasteiger partial charge is 0.388 e. The van der Waals surface area contributed by atoms with Gasteiger partial charge in [-0.15, -0.1) is 5.10 Å². The first-order chi connectivity index (χ1) is 10.2. The minimum atomic E-state index is -2.86. The highest BCUT2D eigenvalue weighted by molar-refractivity contribution is 6.07. The molecule has 0 spiro atoms. The second-order valence-electron chi connectivity index (χ2n) is 4.71. The second-order valence-corrected chi connectivity index (χ2v) is 4.71. The van der Waals surface area contributed by atoms with Gasteiger partial charge in [0.15, 0.2) is 0 Å². The molecule has 0 saturated carbocycles. The maximum atomic E-state index is 12.2. The van der Waals surface area contributed by atoms with E-state index >= 15 is 0 Å². The van der Waals surface area contributed by atoms with Gasteiger partial charge in [-0.25, -0.2) is 4.52 Å². The molecule has 6 heteroatoms. The lowest BCUT2D eigenvalue weighted by atomic mass is 10.1. The molecule has 0 aliphatic heterocycles. The van der Waals surface area contributed by atoms with Crippen molar-refractivity contribution in [2.75, 3.05) is 0 Å². The van der Waals surface area contributed by atoms with E-state index in [0.29, 0.717) is 17.7 Å². The van der Waals surface area contributed by atoms with E-state index in [-0.39, 0.29) is 5.88 Å². The van der Waals surface area contributed by atoms with Crippen molar-refractivity contribution < 1.29 is 18.3 Å². The molecule has 0 fully saturated rings. The van der Waals surface area contributed by atoms with Gasteiger partial charge in [0.05, 0.1) is 16.4 Å². The first-order valence-electron chi connectivity index (χ1n) is 6.41. The van der Waals surface area contributed by atoms with E-state index in [1.165, 1.54) is 0 Å². The molecule has 0 N–H and O–H groups in total. The number of rotatable bonds is 5. The molecule has 4 heterocycles. The lowest BCUT2D eigenvalue weighted by molar-refractivity contribution is -0.0516.